The fourth-order valence-electron chi connectivity index (χ4n) is 2.20. The summed E-state index contributed by atoms with van der Waals surface area (Å²) in [6.07, 6.45) is 6.62. The number of hydrogen-bond donors (Lipinski definition) is 2. The first-order valence-electron chi connectivity index (χ1n) is 7.30. The molecule has 1 atom stereocenters. The number of benzene rings is 1. The van der Waals surface area contributed by atoms with Crippen LogP contribution in [0, 0.1) is 0 Å². The maximum Gasteiger partial charge on any atom is 0.185 e. The Labute approximate surface area is 126 Å². The van der Waals surface area contributed by atoms with Crippen molar-refractivity contribution in [3.8, 4) is 0 Å². The molecule has 1 aromatic rings. The average molecular weight is 292 g/mol. The first-order chi connectivity index (χ1) is 9.65. The van der Waals surface area contributed by atoms with E-state index in [0.717, 1.165) is 19.3 Å². The molecule has 3 nitrogen and oxygen atoms in total. The van der Waals surface area contributed by atoms with Gasteiger partial charge in [0.25, 0.3) is 0 Å². The SMILES string of the molecule is CCCCCCCC(NC(N)=S)C(=O)c1ccccc1. The lowest BCUT2D eigenvalue weighted by Gasteiger charge is -2.17. The number of Topliss-reactive ketones (excluding diaryl/α,β-unsaturated/α-hetero) is 1. The molecule has 0 aliphatic heterocycles. The van der Waals surface area contributed by atoms with Gasteiger partial charge < -0.3 is 11.1 Å². The van der Waals surface area contributed by atoms with Gasteiger partial charge in [-0.1, -0.05) is 69.4 Å². The Kier molecular flexibility index (Phi) is 7.88. The summed E-state index contributed by atoms with van der Waals surface area (Å²) in [4.78, 5) is 12.4. The highest BCUT2D eigenvalue weighted by Gasteiger charge is 2.19. The monoisotopic (exact) mass is 292 g/mol. The topological polar surface area (TPSA) is 55.1 Å². The van der Waals surface area contributed by atoms with Crippen LogP contribution in [0.3, 0.4) is 0 Å². The van der Waals surface area contributed by atoms with E-state index in [-0.39, 0.29) is 16.9 Å². The predicted octanol–water partition coefficient (Wildman–Crippen LogP) is 3.43. The molecule has 20 heavy (non-hydrogen) atoms. The standard InChI is InChI=1S/C16H24N2OS/c1-2-3-4-5-9-12-14(18-16(17)20)15(19)13-10-7-6-8-11-13/h6-8,10-11,14H,2-5,9,12H2,1H3,(H3,17,18,20). The summed E-state index contributed by atoms with van der Waals surface area (Å²) in [5.74, 6) is 0.0638. The molecule has 1 aromatic carbocycles. The molecule has 1 unspecified atom stereocenters. The van der Waals surface area contributed by atoms with Crippen LogP contribution < -0.4 is 11.1 Å². The van der Waals surface area contributed by atoms with E-state index in [0.29, 0.717) is 5.56 Å². The minimum atomic E-state index is -0.309. The highest BCUT2D eigenvalue weighted by Crippen LogP contribution is 2.11. The van der Waals surface area contributed by atoms with Crippen LogP contribution in [0.1, 0.15) is 55.8 Å². The van der Waals surface area contributed by atoms with Crippen LogP contribution in [0.4, 0.5) is 0 Å². The Morgan fingerprint density at radius 1 is 1.20 bits per heavy atom. The molecule has 0 amide bonds. The van der Waals surface area contributed by atoms with Crippen LogP contribution >= 0.6 is 12.2 Å². The summed E-state index contributed by atoms with van der Waals surface area (Å²) in [5.41, 5.74) is 6.23. The number of hydrogen-bond acceptors (Lipinski definition) is 2. The van der Waals surface area contributed by atoms with Crippen molar-refractivity contribution in [1.29, 1.82) is 0 Å². The Bertz CT molecular complexity index is 420. The number of rotatable bonds is 9. The van der Waals surface area contributed by atoms with Gasteiger partial charge in [-0.05, 0) is 18.6 Å². The van der Waals surface area contributed by atoms with Crippen LogP contribution in [0.25, 0.3) is 0 Å². The summed E-state index contributed by atoms with van der Waals surface area (Å²) in [7, 11) is 0. The molecule has 0 fully saturated rings. The van der Waals surface area contributed by atoms with Crippen molar-refractivity contribution in [2.24, 2.45) is 5.73 Å². The number of unbranched alkanes of at least 4 members (excludes halogenated alkanes) is 4. The summed E-state index contributed by atoms with van der Waals surface area (Å²) in [6.45, 7) is 2.19. The van der Waals surface area contributed by atoms with Gasteiger partial charge in [-0.2, -0.15) is 0 Å². The van der Waals surface area contributed by atoms with Crippen molar-refractivity contribution < 1.29 is 4.79 Å². The number of carbonyl (C=O) groups is 1. The van der Waals surface area contributed by atoms with E-state index in [2.05, 4.69) is 12.2 Å². The van der Waals surface area contributed by atoms with E-state index in [1.807, 2.05) is 30.3 Å². The average Bonchev–Trinajstić information content (AvgIpc) is 2.45. The fraction of sp³-hybridized carbons (Fsp3) is 0.500. The van der Waals surface area contributed by atoms with E-state index < -0.39 is 0 Å². The molecule has 0 aromatic heterocycles. The third-order valence-corrected chi connectivity index (χ3v) is 3.41. The Hall–Kier alpha value is -1.42. The second kappa shape index (κ2) is 9.48. The molecule has 0 heterocycles. The second-order valence-electron chi connectivity index (χ2n) is 4.99. The first-order valence-corrected chi connectivity index (χ1v) is 7.71. The Morgan fingerprint density at radius 3 is 2.45 bits per heavy atom. The van der Waals surface area contributed by atoms with Crippen molar-refractivity contribution >= 4 is 23.1 Å². The number of thiocarbonyl (C=S) groups is 1. The Morgan fingerprint density at radius 2 is 1.85 bits per heavy atom. The normalized spacial score (nSPS) is 11.8. The summed E-state index contributed by atoms with van der Waals surface area (Å²) in [5, 5.41) is 3.12. The van der Waals surface area contributed by atoms with Crippen molar-refractivity contribution in [1.82, 2.24) is 5.32 Å². The van der Waals surface area contributed by atoms with Gasteiger partial charge in [0.2, 0.25) is 0 Å². The molecule has 4 heteroatoms. The quantitative estimate of drug-likeness (QED) is 0.416. The third kappa shape index (κ3) is 6.15. The van der Waals surface area contributed by atoms with Gasteiger partial charge in [-0.3, -0.25) is 4.79 Å². The molecule has 0 saturated carbocycles. The summed E-state index contributed by atoms with van der Waals surface area (Å²) in [6, 6.07) is 8.98. The smallest absolute Gasteiger partial charge is 0.185 e. The summed E-state index contributed by atoms with van der Waals surface area (Å²) >= 11 is 4.88. The van der Waals surface area contributed by atoms with Gasteiger partial charge in [0.05, 0.1) is 6.04 Å². The van der Waals surface area contributed by atoms with Gasteiger partial charge in [0, 0.05) is 5.56 Å². The van der Waals surface area contributed by atoms with Gasteiger partial charge in [-0.15, -0.1) is 0 Å². The Balaban J connectivity index is 2.55. The van der Waals surface area contributed by atoms with Gasteiger partial charge in [-0.25, -0.2) is 0 Å². The lowest BCUT2D eigenvalue weighted by molar-refractivity contribution is 0.0946. The van der Waals surface area contributed by atoms with E-state index in [1.165, 1.54) is 19.3 Å². The zero-order valence-corrected chi connectivity index (χ0v) is 12.9. The van der Waals surface area contributed by atoms with Crippen molar-refractivity contribution in [2.45, 2.75) is 51.5 Å². The fourth-order valence-corrected chi connectivity index (χ4v) is 2.34. The molecule has 0 aliphatic rings. The zero-order valence-electron chi connectivity index (χ0n) is 12.1. The van der Waals surface area contributed by atoms with E-state index in [9.17, 15) is 4.79 Å². The third-order valence-electron chi connectivity index (χ3n) is 3.29. The van der Waals surface area contributed by atoms with Crippen LogP contribution in [-0.2, 0) is 0 Å². The molecule has 0 bridgehead atoms. The number of nitrogens with two attached hydrogens (primary N) is 1. The molecule has 0 radical (unpaired) electrons. The molecule has 1 rings (SSSR count). The molecule has 0 aliphatic carbocycles. The maximum absolute atomic E-state index is 12.4. The number of nitrogens with one attached hydrogen (secondary N) is 1. The van der Waals surface area contributed by atoms with E-state index in [4.69, 9.17) is 18.0 Å². The molecular weight excluding hydrogens is 268 g/mol. The van der Waals surface area contributed by atoms with Crippen LogP contribution in [0.5, 0.6) is 0 Å². The second-order valence-corrected chi connectivity index (χ2v) is 5.43. The van der Waals surface area contributed by atoms with Gasteiger partial charge >= 0.3 is 0 Å². The van der Waals surface area contributed by atoms with Crippen LogP contribution in [0.2, 0.25) is 0 Å². The lowest BCUT2D eigenvalue weighted by atomic mass is 9.98. The highest BCUT2D eigenvalue weighted by atomic mass is 32.1. The molecule has 0 saturated heterocycles. The van der Waals surface area contributed by atoms with Crippen molar-refractivity contribution in [3.05, 3.63) is 35.9 Å². The highest BCUT2D eigenvalue weighted by molar-refractivity contribution is 7.80. The number of ketones is 1. The minimum Gasteiger partial charge on any atom is -0.376 e. The van der Waals surface area contributed by atoms with Gasteiger partial charge in [0.1, 0.15) is 0 Å². The maximum atomic E-state index is 12.4. The van der Waals surface area contributed by atoms with E-state index in [1.54, 1.807) is 0 Å². The zero-order chi connectivity index (χ0) is 14.8. The van der Waals surface area contributed by atoms with Crippen molar-refractivity contribution in [3.63, 3.8) is 0 Å². The minimum absolute atomic E-state index is 0.0638. The molecule has 0 spiro atoms. The van der Waals surface area contributed by atoms with Crippen LogP contribution in [-0.4, -0.2) is 16.9 Å². The molecule has 3 N–H and O–H groups in total. The molecular formula is C16H24N2OS. The lowest BCUT2D eigenvalue weighted by Crippen LogP contribution is -2.43. The molecule has 110 valence electrons. The largest absolute Gasteiger partial charge is 0.376 e. The number of carbonyl (C=O) groups excluding carboxylic acids is 1. The van der Waals surface area contributed by atoms with E-state index >= 15 is 0 Å². The van der Waals surface area contributed by atoms with Crippen molar-refractivity contribution in [2.75, 3.05) is 0 Å². The predicted molar refractivity (Wildman–Crippen MR) is 87.9 cm³/mol. The summed E-state index contributed by atoms with van der Waals surface area (Å²) < 4.78 is 0. The van der Waals surface area contributed by atoms with Gasteiger partial charge in [0.15, 0.2) is 10.9 Å². The first kappa shape index (κ1) is 16.6. The van der Waals surface area contributed by atoms with Crippen LogP contribution in [0.15, 0.2) is 30.3 Å².